The van der Waals surface area contributed by atoms with Gasteiger partial charge in [0.2, 0.25) is 10.0 Å². The Morgan fingerprint density at radius 3 is 2.39 bits per heavy atom. The van der Waals surface area contributed by atoms with Gasteiger partial charge in [0.1, 0.15) is 0 Å². The Labute approximate surface area is 110 Å². The molecular weight excluding hydrogens is 248 g/mol. The van der Waals surface area contributed by atoms with Gasteiger partial charge in [-0.1, -0.05) is 20.8 Å². The maximum absolute atomic E-state index is 12.4. The SMILES string of the molecule is CCN(CC(C)C)S(=O)(=O)c1ccc(N)c(C)c1. The molecule has 0 saturated carbocycles. The first-order chi connectivity index (χ1) is 8.28. The third-order valence-electron chi connectivity index (χ3n) is 2.80. The summed E-state index contributed by atoms with van der Waals surface area (Å²) in [6, 6.07) is 4.85. The van der Waals surface area contributed by atoms with Gasteiger partial charge in [-0.05, 0) is 36.6 Å². The lowest BCUT2D eigenvalue weighted by Gasteiger charge is -2.22. The molecule has 0 spiro atoms. The number of nitrogen functional groups attached to an aromatic ring is 1. The second-order valence-electron chi connectivity index (χ2n) is 4.87. The first-order valence-electron chi connectivity index (χ1n) is 6.15. The molecule has 1 aromatic rings. The molecule has 18 heavy (non-hydrogen) atoms. The second kappa shape index (κ2) is 5.71. The van der Waals surface area contributed by atoms with E-state index in [0.717, 1.165) is 5.56 Å². The zero-order valence-electron chi connectivity index (χ0n) is 11.5. The van der Waals surface area contributed by atoms with Crippen molar-refractivity contribution in [1.29, 1.82) is 0 Å². The van der Waals surface area contributed by atoms with E-state index in [1.165, 1.54) is 4.31 Å². The molecule has 1 rings (SSSR count). The number of benzene rings is 1. The van der Waals surface area contributed by atoms with Crippen molar-refractivity contribution in [2.45, 2.75) is 32.6 Å². The number of hydrogen-bond acceptors (Lipinski definition) is 3. The van der Waals surface area contributed by atoms with Crippen molar-refractivity contribution < 1.29 is 8.42 Å². The van der Waals surface area contributed by atoms with Crippen LogP contribution >= 0.6 is 0 Å². The van der Waals surface area contributed by atoms with E-state index in [1.807, 2.05) is 27.7 Å². The molecule has 0 atom stereocenters. The van der Waals surface area contributed by atoms with Gasteiger partial charge in [0.25, 0.3) is 0 Å². The van der Waals surface area contributed by atoms with E-state index in [4.69, 9.17) is 5.73 Å². The first kappa shape index (κ1) is 15.0. The molecule has 0 aliphatic rings. The molecule has 2 N–H and O–H groups in total. The Kier molecular flexibility index (Phi) is 4.76. The Balaban J connectivity index is 3.14. The average molecular weight is 270 g/mol. The monoisotopic (exact) mass is 270 g/mol. The summed E-state index contributed by atoms with van der Waals surface area (Å²) in [4.78, 5) is 0.316. The van der Waals surface area contributed by atoms with E-state index in [0.29, 0.717) is 29.6 Å². The lowest BCUT2D eigenvalue weighted by Crippen LogP contribution is -2.34. The van der Waals surface area contributed by atoms with Gasteiger partial charge in [-0.3, -0.25) is 0 Å². The lowest BCUT2D eigenvalue weighted by atomic mass is 10.2. The summed E-state index contributed by atoms with van der Waals surface area (Å²) in [5, 5.41) is 0. The maximum Gasteiger partial charge on any atom is 0.243 e. The Morgan fingerprint density at radius 2 is 1.94 bits per heavy atom. The summed E-state index contributed by atoms with van der Waals surface area (Å²) in [7, 11) is -3.41. The number of anilines is 1. The molecule has 102 valence electrons. The van der Waals surface area contributed by atoms with Crippen molar-refractivity contribution in [1.82, 2.24) is 4.31 Å². The normalized spacial score (nSPS) is 12.3. The van der Waals surface area contributed by atoms with Gasteiger partial charge >= 0.3 is 0 Å². The van der Waals surface area contributed by atoms with Crippen LogP contribution in [0.25, 0.3) is 0 Å². The van der Waals surface area contributed by atoms with Crippen LogP contribution < -0.4 is 5.73 Å². The zero-order chi connectivity index (χ0) is 13.9. The second-order valence-corrected chi connectivity index (χ2v) is 6.81. The molecule has 0 saturated heterocycles. The standard InChI is InChI=1S/C13H22N2O2S/c1-5-15(9-10(2)3)18(16,17)12-6-7-13(14)11(4)8-12/h6-8,10H,5,9,14H2,1-4H3. The molecular formula is C13H22N2O2S. The van der Waals surface area contributed by atoms with Crippen LogP contribution in [0.5, 0.6) is 0 Å². The van der Waals surface area contributed by atoms with Gasteiger partial charge in [-0.2, -0.15) is 4.31 Å². The van der Waals surface area contributed by atoms with Gasteiger partial charge in [0, 0.05) is 18.8 Å². The number of nitrogens with two attached hydrogens (primary N) is 1. The minimum Gasteiger partial charge on any atom is -0.399 e. The van der Waals surface area contributed by atoms with Crippen LogP contribution in [0.15, 0.2) is 23.1 Å². The quantitative estimate of drug-likeness (QED) is 0.835. The van der Waals surface area contributed by atoms with Gasteiger partial charge in [-0.15, -0.1) is 0 Å². The molecule has 0 aliphatic heterocycles. The molecule has 0 heterocycles. The molecule has 1 aromatic carbocycles. The highest BCUT2D eigenvalue weighted by atomic mass is 32.2. The van der Waals surface area contributed by atoms with Gasteiger partial charge in [0.05, 0.1) is 4.90 Å². The largest absolute Gasteiger partial charge is 0.399 e. The van der Waals surface area contributed by atoms with Crippen LogP contribution in [0.4, 0.5) is 5.69 Å². The van der Waals surface area contributed by atoms with E-state index in [-0.39, 0.29) is 0 Å². The van der Waals surface area contributed by atoms with Crippen LogP contribution in [-0.2, 0) is 10.0 Å². The highest BCUT2D eigenvalue weighted by molar-refractivity contribution is 7.89. The predicted molar refractivity (Wildman–Crippen MR) is 74.9 cm³/mol. The fraction of sp³-hybridized carbons (Fsp3) is 0.538. The van der Waals surface area contributed by atoms with Gasteiger partial charge in [-0.25, -0.2) is 8.42 Å². The third kappa shape index (κ3) is 3.23. The van der Waals surface area contributed by atoms with Gasteiger partial charge < -0.3 is 5.73 Å². The Hall–Kier alpha value is -1.07. The summed E-state index contributed by atoms with van der Waals surface area (Å²) in [6.45, 7) is 8.68. The van der Waals surface area contributed by atoms with Crippen molar-refractivity contribution in [3.05, 3.63) is 23.8 Å². The molecule has 0 unspecified atom stereocenters. The molecule has 0 aromatic heterocycles. The number of rotatable bonds is 5. The van der Waals surface area contributed by atoms with Crippen LogP contribution in [0.2, 0.25) is 0 Å². The van der Waals surface area contributed by atoms with E-state index in [2.05, 4.69) is 0 Å². The minimum atomic E-state index is -3.41. The van der Waals surface area contributed by atoms with Crippen molar-refractivity contribution in [3.63, 3.8) is 0 Å². The molecule has 4 nitrogen and oxygen atoms in total. The predicted octanol–water partition coefficient (Wildman–Crippen LogP) is 2.24. The number of hydrogen-bond donors (Lipinski definition) is 1. The zero-order valence-corrected chi connectivity index (χ0v) is 12.3. The number of aryl methyl sites for hydroxylation is 1. The minimum absolute atomic E-state index is 0.301. The van der Waals surface area contributed by atoms with Crippen molar-refractivity contribution in [2.75, 3.05) is 18.8 Å². The molecule has 0 amide bonds. The first-order valence-corrected chi connectivity index (χ1v) is 7.59. The molecule has 0 fully saturated rings. The smallest absolute Gasteiger partial charge is 0.243 e. The van der Waals surface area contributed by atoms with E-state index in [1.54, 1.807) is 18.2 Å². The van der Waals surface area contributed by atoms with E-state index in [9.17, 15) is 8.42 Å². The summed E-state index contributed by atoms with van der Waals surface area (Å²) >= 11 is 0. The summed E-state index contributed by atoms with van der Waals surface area (Å²) in [5.41, 5.74) is 7.11. The lowest BCUT2D eigenvalue weighted by molar-refractivity contribution is 0.381. The summed E-state index contributed by atoms with van der Waals surface area (Å²) in [6.07, 6.45) is 0. The molecule has 0 bridgehead atoms. The van der Waals surface area contributed by atoms with Gasteiger partial charge in [0.15, 0.2) is 0 Å². The highest BCUT2D eigenvalue weighted by Gasteiger charge is 2.23. The van der Waals surface area contributed by atoms with Crippen LogP contribution in [-0.4, -0.2) is 25.8 Å². The van der Waals surface area contributed by atoms with Crippen LogP contribution in [0.3, 0.4) is 0 Å². The summed E-state index contributed by atoms with van der Waals surface area (Å²) < 4.78 is 26.4. The fourth-order valence-electron chi connectivity index (χ4n) is 1.76. The van der Waals surface area contributed by atoms with E-state index >= 15 is 0 Å². The average Bonchev–Trinajstić information content (AvgIpc) is 2.28. The topological polar surface area (TPSA) is 63.4 Å². The van der Waals surface area contributed by atoms with Crippen molar-refractivity contribution >= 4 is 15.7 Å². The Bertz CT molecular complexity index is 510. The number of sulfonamides is 1. The summed E-state index contributed by atoms with van der Waals surface area (Å²) in [5.74, 6) is 0.301. The van der Waals surface area contributed by atoms with Crippen molar-refractivity contribution in [2.24, 2.45) is 5.92 Å². The third-order valence-corrected chi connectivity index (χ3v) is 4.74. The molecule has 0 radical (unpaired) electrons. The maximum atomic E-state index is 12.4. The van der Waals surface area contributed by atoms with Crippen molar-refractivity contribution in [3.8, 4) is 0 Å². The molecule has 0 aliphatic carbocycles. The van der Waals surface area contributed by atoms with Crippen LogP contribution in [0, 0.1) is 12.8 Å². The van der Waals surface area contributed by atoms with E-state index < -0.39 is 10.0 Å². The highest BCUT2D eigenvalue weighted by Crippen LogP contribution is 2.21. The number of nitrogens with zero attached hydrogens (tertiary/aromatic N) is 1. The Morgan fingerprint density at radius 1 is 1.33 bits per heavy atom. The van der Waals surface area contributed by atoms with Crippen LogP contribution in [0.1, 0.15) is 26.3 Å². The fourth-order valence-corrected chi connectivity index (χ4v) is 3.46. The molecule has 5 heteroatoms.